The molecule has 0 aromatic rings. The van der Waals surface area contributed by atoms with Gasteiger partial charge in [0, 0.05) is 19.4 Å². The van der Waals surface area contributed by atoms with Crippen LogP contribution in [0, 0.1) is 0 Å². The van der Waals surface area contributed by atoms with Gasteiger partial charge in [-0.05, 0) is 12.8 Å². The fourth-order valence-corrected chi connectivity index (χ4v) is 6.97. The van der Waals surface area contributed by atoms with Crippen molar-refractivity contribution < 1.29 is 57.4 Å². The molecule has 0 saturated carbocycles. The Bertz CT molecular complexity index is 1010. The summed E-state index contributed by atoms with van der Waals surface area (Å²) in [5.74, 6) is -3.70. The third-order valence-corrected chi connectivity index (χ3v) is 10.5. The second-order valence-corrected chi connectivity index (χ2v) is 16.3. The zero-order valence-corrected chi connectivity index (χ0v) is 35.3. The summed E-state index contributed by atoms with van der Waals surface area (Å²) in [5, 5.41) is 20.4. The van der Waals surface area contributed by atoms with E-state index in [-0.39, 0.29) is 26.0 Å². The Morgan fingerprint density at radius 2 is 0.964 bits per heavy atom. The monoisotopic (exact) mass is 808 g/mol. The molecule has 0 amide bonds. The van der Waals surface area contributed by atoms with Crippen LogP contribution in [0.15, 0.2) is 0 Å². The number of phosphoric acid groups is 1. The highest BCUT2D eigenvalue weighted by Crippen LogP contribution is 2.43. The lowest BCUT2D eigenvalue weighted by molar-refractivity contribution is -0.161. The predicted molar refractivity (Wildman–Crippen MR) is 215 cm³/mol. The zero-order chi connectivity index (χ0) is 40.8. The van der Waals surface area contributed by atoms with Crippen LogP contribution in [0.3, 0.4) is 0 Å². The van der Waals surface area contributed by atoms with E-state index in [0.717, 1.165) is 38.5 Å². The van der Waals surface area contributed by atoms with Crippen LogP contribution in [-0.2, 0) is 42.3 Å². The van der Waals surface area contributed by atoms with Crippen molar-refractivity contribution in [2.45, 2.75) is 212 Å². The molecule has 3 unspecified atom stereocenters. The number of hydrogen-bond donors (Lipinski definition) is 4. The Morgan fingerprint density at radius 1 is 0.564 bits per heavy atom. The SMILES string of the molecule is CCCCCCCCCCCCCCCC(=O)OCC(COP(=O)(O)OCCNC(CC(=O)O)C(=O)O)OC(=O)CCCCCCCCCCCCCCC. The fourth-order valence-electron chi connectivity index (χ4n) is 6.22. The number of carboxylic acids is 2. The summed E-state index contributed by atoms with van der Waals surface area (Å²) in [4.78, 5) is 57.3. The van der Waals surface area contributed by atoms with E-state index in [0.29, 0.717) is 12.8 Å². The van der Waals surface area contributed by atoms with Crippen molar-refractivity contribution in [1.82, 2.24) is 5.32 Å². The van der Waals surface area contributed by atoms with Crippen LogP contribution in [0.5, 0.6) is 0 Å². The fraction of sp³-hybridized carbons (Fsp3) is 0.902. The quantitative estimate of drug-likeness (QED) is 0.0259. The van der Waals surface area contributed by atoms with Crippen LogP contribution in [-0.4, -0.2) is 77.5 Å². The van der Waals surface area contributed by atoms with Crippen LogP contribution in [0.2, 0.25) is 0 Å². The molecule has 55 heavy (non-hydrogen) atoms. The van der Waals surface area contributed by atoms with Gasteiger partial charge in [0.2, 0.25) is 0 Å². The number of carbonyl (C=O) groups excluding carboxylic acids is 2. The number of carboxylic acid groups (broad SMARTS) is 2. The third kappa shape index (κ3) is 37.3. The molecule has 0 aliphatic heterocycles. The van der Waals surface area contributed by atoms with E-state index in [4.69, 9.17) is 28.7 Å². The standard InChI is InChI=1S/C41H78NO12P/c1-3-5-7-9-11-13-15-17-19-21-23-25-27-29-39(45)51-34-36(35-53-55(49,50)52-32-31-42-37(41(47)48)33-38(43)44)54-40(46)30-28-26-24-22-20-18-16-14-12-10-8-6-4-2/h36-37,42H,3-35H2,1-2H3,(H,43,44)(H,47,48)(H,49,50). The number of nitrogens with one attached hydrogen (secondary N) is 1. The molecule has 3 atom stereocenters. The summed E-state index contributed by atoms with van der Waals surface area (Å²) in [6.07, 6.45) is 29.2. The van der Waals surface area contributed by atoms with Crippen LogP contribution >= 0.6 is 7.82 Å². The summed E-state index contributed by atoms with van der Waals surface area (Å²) in [5.41, 5.74) is 0. The molecule has 0 aliphatic rings. The Kier molecular flexibility index (Phi) is 36.1. The van der Waals surface area contributed by atoms with Gasteiger partial charge in [-0.15, -0.1) is 0 Å². The second kappa shape index (κ2) is 37.5. The van der Waals surface area contributed by atoms with Crippen molar-refractivity contribution in [3.63, 3.8) is 0 Å². The van der Waals surface area contributed by atoms with E-state index in [1.54, 1.807) is 0 Å². The summed E-state index contributed by atoms with van der Waals surface area (Å²) in [6, 6.07) is -1.41. The van der Waals surface area contributed by atoms with Gasteiger partial charge in [-0.1, -0.05) is 168 Å². The molecule has 4 N–H and O–H groups in total. The van der Waals surface area contributed by atoms with Crippen molar-refractivity contribution in [2.24, 2.45) is 0 Å². The third-order valence-electron chi connectivity index (χ3n) is 9.54. The lowest BCUT2D eigenvalue weighted by Crippen LogP contribution is -2.40. The molecule has 0 aromatic heterocycles. The normalized spacial score (nSPS) is 13.6. The van der Waals surface area contributed by atoms with Gasteiger partial charge in [0.05, 0.1) is 19.6 Å². The summed E-state index contributed by atoms with van der Waals surface area (Å²) in [6.45, 7) is 2.83. The van der Waals surface area contributed by atoms with Crippen LogP contribution in [0.4, 0.5) is 0 Å². The highest BCUT2D eigenvalue weighted by Gasteiger charge is 2.27. The Balaban J connectivity index is 4.58. The number of aliphatic carboxylic acids is 2. The largest absolute Gasteiger partial charge is 0.481 e. The molecule has 0 rings (SSSR count). The molecule has 13 nitrogen and oxygen atoms in total. The van der Waals surface area contributed by atoms with Gasteiger partial charge in [0.25, 0.3) is 0 Å². The molecular formula is C41H78NO12P. The van der Waals surface area contributed by atoms with Crippen molar-refractivity contribution >= 4 is 31.7 Å². The van der Waals surface area contributed by atoms with E-state index >= 15 is 0 Å². The average molecular weight is 808 g/mol. The second-order valence-electron chi connectivity index (χ2n) is 14.8. The first-order valence-electron chi connectivity index (χ1n) is 21.7. The van der Waals surface area contributed by atoms with Crippen molar-refractivity contribution in [3.05, 3.63) is 0 Å². The van der Waals surface area contributed by atoms with E-state index in [1.165, 1.54) is 116 Å². The number of esters is 2. The minimum Gasteiger partial charge on any atom is -0.481 e. The van der Waals surface area contributed by atoms with E-state index < -0.39 is 63.5 Å². The minimum atomic E-state index is -4.68. The molecule has 14 heteroatoms. The van der Waals surface area contributed by atoms with E-state index in [2.05, 4.69) is 19.2 Å². The molecule has 324 valence electrons. The van der Waals surface area contributed by atoms with Gasteiger partial charge < -0.3 is 29.9 Å². The van der Waals surface area contributed by atoms with Gasteiger partial charge in [0.15, 0.2) is 6.10 Å². The topological polar surface area (TPSA) is 195 Å². The van der Waals surface area contributed by atoms with E-state index in [9.17, 15) is 28.6 Å². The van der Waals surface area contributed by atoms with Crippen molar-refractivity contribution in [1.29, 1.82) is 0 Å². The lowest BCUT2D eigenvalue weighted by Gasteiger charge is -2.20. The van der Waals surface area contributed by atoms with E-state index in [1.807, 2.05) is 0 Å². The first-order valence-corrected chi connectivity index (χ1v) is 23.1. The summed E-state index contributed by atoms with van der Waals surface area (Å²) < 4.78 is 33.2. The molecule has 0 aliphatic carbocycles. The van der Waals surface area contributed by atoms with Crippen LogP contribution in [0.25, 0.3) is 0 Å². The molecule has 0 heterocycles. The molecule has 0 aromatic carbocycles. The molecule has 0 bridgehead atoms. The van der Waals surface area contributed by atoms with Crippen molar-refractivity contribution in [2.75, 3.05) is 26.4 Å². The number of carbonyl (C=O) groups is 4. The number of phosphoric ester groups is 1. The summed E-state index contributed by atoms with van der Waals surface area (Å²) >= 11 is 0. The van der Waals surface area contributed by atoms with Gasteiger partial charge in [-0.2, -0.15) is 0 Å². The minimum absolute atomic E-state index is 0.154. The zero-order valence-electron chi connectivity index (χ0n) is 34.5. The molecule has 0 spiro atoms. The predicted octanol–water partition coefficient (Wildman–Crippen LogP) is 10.1. The Hall–Kier alpha value is -2.05. The lowest BCUT2D eigenvalue weighted by atomic mass is 10.0. The van der Waals surface area contributed by atoms with Crippen LogP contribution < -0.4 is 5.32 Å². The van der Waals surface area contributed by atoms with Crippen molar-refractivity contribution in [3.8, 4) is 0 Å². The maximum Gasteiger partial charge on any atom is 0.472 e. The first kappa shape index (κ1) is 53.0. The Labute approximate surface area is 332 Å². The number of rotatable bonds is 42. The Morgan fingerprint density at radius 3 is 1.36 bits per heavy atom. The highest BCUT2D eigenvalue weighted by molar-refractivity contribution is 7.47. The molecule has 0 fully saturated rings. The first-order chi connectivity index (χ1) is 26.5. The maximum atomic E-state index is 12.7. The van der Waals surface area contributed by atoms with Crippen LogP contribution in [0.1, 0.15) is 200 Å². The van der Waals surface area contributed by atoms with Gasteiger partial charge in [-0.3, -0.25) is 28.2 Å². The smallest absolute Gasteiger partial charge is 0.472 e. The van der Waals surface area contributed by atoms with Gasteiger partial charge >= 0.3 is 31.7 Å². The number of hydrogen-bond acceptors (Lipinski definition) is 10. The maximum absolute atomic E-state index is 12.7. The number of unbranched alkanes of at least 4 members (excludes halogenated alkanes) is 24. The summed E-state index contributed by atoms with van der Waals surface area (Å²) in [7, 11) is -4.68. The number of ether oxygens (including phenoxy) is 2. The molecular weight excluding hydrogens is 729 g/mol. The van der Waals surface area contributed by atoms with Gasteiger partial charge in [0.1, 0.15) is 12.6 Å². The molecule has 0 saturated heterocycles. The molecule has 0 radical (unpaired) electrons. The van der Waals surface area contributed by atoms with Gasteiger partial charge in [-0.25, -0.2) is 4.57 Å². The highest BCUT2D eigenvalue weighted by atomic mass is 31.2. The average Bonchev–Trinajstić information content (AvgIpc) is 3.14.